The predicted molar refractivity (Wildman–Crippen MR) is 113 cm³/mol. The molecular formula is C21H24N4O5S. The highest BCUT2D eigenvalue weighted by atomic mass is 32.2. The zero-order valence-electron chi connectivity index (χ0n) is 17.3. The number of hydrogen-bond donors (Lipinski definition) is 1. The first-order valence-corrected chi connectivity index (χ1v) is 11.1. The number of para-hydroxylation sites is 1. The van der Waals surface area contributed by atoms with Crippen molar-refractivity contribution >= 4 is 16.2 Å². The number of amides is 1. The zero-order chi connectivity index (χ0) is 22.4. The fourth-order valence-electron chi connectivity index (χ4n) is 3.06. The van der Waals surface area contributed by atoms with Gasteiger partial charge < -0.3 is 19.2 Å². The van der Waals surface area contributed by atoms with E-state index in [1.165, 1.54) is 0 Å². The van der Waals surface area contributed by atoms with E-state index in [-0.39, 0.29) is 36.3 Å². The first kappa shape index (κ1) is 22.3. The van der Waals surface area contributed by atoms with Crippen LogP contribution in [0.4, 0.5) is 4.79 Å². The summed E-state index contributed by atoms with van der Waals surface area (Å²) in [5.41, 5.74) is 6.19. The Morgan fingerprint density at radius 1 is 1.16 bits per heavy atom. The SMILES string of the molecule is CC(C)c1nc(CCOC(N)=O)n(Cc2cccnc2)c1S(=O)(=O)Oc1ccccc1. The Bertz CT molecular complexity index is 1130. The monoisotopic (exact) mass is 444 g/mol. The van der Waals surface area contributed by atoms with Crippen LogP contribution >= 0.6 is 0 Å². The van der Waals surface area contributed by atoms with Crippen LogP contribution in [0.2, 0.25) is 0 Å². The molecule has 3 rings (SSSR count). The molecule has 1 aromatic carbocycles. The Morgan fingerprint density at radius 3 is 2.52 bits per heavy atom. The molecule has 0 fully saturated rings. The van der Waals surface area contributed by atoms with Gasteiger partial charge in [0.2, 0.25) is 0 Å². The lowest BCUT2D eigenvalue weighted by atomic mass is 10.1. The van der Waals surface area contributed by atoms with Gasteiger partial charge in [0.1, 0.15) is 18.2 Å². The molecule has 0 aliphatic carbocycles. The van der Waals surface area contributed by atoms with Crippen LogP contribution in [0.25, 0.3) is 0 Å². The minimum Gasteiger partial charge on any atom is -0.449 e. The minimum absolute atomic E-state index is 0.0318. The maximum atomic E-state index is 13.3. The molecule has 164 valence electrons. The molecule has 9 nitrogen and oxygen atoms in total. The van der Waals surface area contributed by atoms with Gasteiger partial charge in [0, 0.05) is 18.8 Å². The standard InChI is InChI=1S/C21H24N4O5S/c1-15(2)19-20(31(27,28)30-17-8-4-3-5-9-17)25(14-16-7-6-11-23-13-16)18(24-19)10-12-29-21(22)26/h3-9,11,13,15H,10,12,14H2,1-2H3,(H2,22,26). The van der Waals surface area contributed by atoms with Gasteiger partial charge in [-0.15, -0.1) is 0 Å². The fraction of sp³-hybridized carbons (Fsp3) is 0.286. The fourth-order valence-corrected chi connectivity index (χ4v) is 4.48. The summed E-state index contributed by atoms with van der Waals surface area (Å²) >= 11 is 0. The molecule has 2 N–H and O–H groups in total. The molecule has 3 aromatic rings. The second-order valence-corrected chi connectivity index (χ2v) is 8.55. The van der Waals surface area contributed by atoms with Crippen LogP contribution in [0.15, 0.2) is 59.9 Å². The number of rotatable bonds is 9. The highest BCUT2D eigenvalue weighted by Crippen LogP contribution is 2.29. The summed E-state index contributed by atoms with van der Waals surface area (Å²) in [5.74, 6) is 0.434. The number of nitrogens with two attached hydrogens (primary N) is 1. The van der Waals surface area contributed by atoms with Gasteiger partial charge >= 0.3 is 16.2 Å². The minimum atomic E-state index is -4.21. The second-order valence-electron chi connectivity index (χ2n) is 7.09. The van der Waals surface area contributed by atoms with Crippen molar-refractivity contribution in [2.24, 2.45) is 5.73 Å². The van der Waals surface area contributed by atoms with Crippen molar-refractivity contribution in [2.75, 3.05) is 6.61 Å². The van der Waals surface area contributed by atoms with Gasteiger partial charge in [-0.1, -0.05) is 38.1 Å². The molecule has 0 unspecified atom stereocenters. The van der Waals surface area contributed by atoms with Crippen molar-refractivity contribution in [3.05, 3.63) is 71.9 Å². The summed E-state index contributed by atoms with van der Waals surface area (Å²) in [6.07, 6.45) is 2.56. The third-order valence-electron chi connectivity index (χ3n) is 4.39. The average molecular weight is 445 g/mol. The molecule has 0 aliphatic heterocycles. The van der Waals surface area contributed by atoms with Gasteiger partial charge in [-0.05, 0) is 29.7 Å². The molecule has 0 spiro atoms. The summed E-state index contributed by atoms with van der Waals surface area (Å²) in [7, 11) is -4.21. The molecule has 0 saturated heterocycles. The van der Waals surface area contributed by atoms with E-state index < -0.39 is 16.2 Å². The van der Waals surface area contributed by atoms with E-state index in [0.717, 1.165) is 5.56 Å². The van der Waals surface area contributed by atoms with E-state index in [2.05, 4.69) is 9.97 Å². The number of carbonyl (C=O) groups is 1. The van der Waals surface area contributed by atoms with E-state index in [9.17, 15) is 13.2 Å². The summed E-state index contributed by atoms with van der Waals surface area (Å²) < 4.78 is 38.5. The summed E-state index contributed by atoms with van der Waals surface area (Å²) in [4.78, 5) is 19.6. The van der Waals surface area contributed by atoms with Crippen LogP contribution in [0, 0.1) is 0 Å². The normalized spacial score (nSPS) is 11.5. The number of benzene rings is 1. The topological polar surface area (TPSA) is 126 Å². The largest absolute Gasteiger partial charge is 0.449 e. The second kappa shape index (κ2) is 9.61. The Kier molecular flexibility index (Phi) is 6.91. The van der Waals surface area contributed by atoms with Crippen molar-refractivity contribution in [2.45, 2.75) is 37.8 Å². The summed E-state index contributed by atoms with van der Waals surface area (Å²) in [5, 5.41) is -0.0377. The maximum Gasteiger partial charge on any atom is 0.404 e. The Morgan fingerprint density at radius 2 is 1.90 bits per heavy atom. The molecule has 0 saturated carbocycles. The lowest BCUT2D eigenvalue weighted by Crippen LogP contribution is -2.20. The van der Waals surface area contributed by atoms with E-state index >= 15 is 0 Å². The number of primary amides is 1. The van der Waals surface area contributed by atoms with Crippen molar-refractivity contribution in [1.29, 1.82) is 0 Å². The van der Waals surface area contributed by atoms with Crippen LogP contribution in [-0.4, -0.2) is 35.7 Å². The number of imidazole rings is 1. The van der Waals surface area contributed by atoms with Gasteiger partial charge in [-0.2, -0.15) is 8.42 Å². The number of hydrogen-bond acceptors (Lipinski definition) is 7. The van der Waals surface area contributed by atoms with E-state index in [1.807, 2.05) is 19.9 Å². The van der Waals surface area contributed by atoms with Crippen LogP contribution in [0.1, 0.15) is 36.8 Å². The van der Waals surface area contributed by atoms with Crippen LogP contribution in [-0.2, 0) is 27.8 Å². The quantitative estimate of drug-likeness (QED) is 0.503. The number of pyridine rings is 1. The maximum absolute atomic E-state index is 13.3. The van der Waals surface area contributed by atoms with Gasteiger partial charge in [0.25, 0.3) is 0 Å². The zero-order valence-corrected chi connectivity index (χ0v) is 18.1. The van der Waals surface area contributed by atoms with Crippen molar-refractivity contribution in [1.82, 2.24) is 14.5 Å². The molecular weight excluding hydrogens is 420 g/mol. The van der Waals surface area contributed by atoms with E-state index in [0.29, 0.717) is 11.5 Å². The average Bonchev–Trinajstić information content (AvgIpc) is 3.08. The van der Waals surface area contributed by atoms with E-state index in [4.69, 9.17) is 14.7 Å². The number of aromatic nitrogens is 3. The molecule has 0 aliphatic rings. The highest BCUT2D eigenvalue weighted by Gasteiger charge is 2.31. The predicted octanol–water partition coefficient (Wildman–Crippen LogP) is 2.86. The molecule has 2 heterocycles. The lowest BCUT2D eigenvalue weighted by molar-refractivity contribution is 0.157. The molecule has 31 heavy (non-hydrogen) atoms. The number of nitrogens with zero attached hydrogens (tertiary/aromatic N) is 3. The van der Waals surface area contributed by atoms with Gasteiger partial charge in [-0.3, -0.25) is 4.98 Å². The number of ether oxygens (including phenoxy) is 1. The third-order valence-corrected chi connectivity index (χ3v) is 5.71. The molecule has 0 bridgehead atoms. The summed E-state index contributed by atoms with van der Waals surface area (Å²) in [6, 6.07) is 11.9. The lowest BCUT2D eigenvalue weighted by Gasteiger charge is -2.14. The molecule has 0 radical (unpaired) electrons. The molecule has 2 aromatic heterocycles. The van der Waals surface area contributed by atoms with Crippen molar-refractivity contribution < 1.29 is 22.1 Å². The first-order valence-electron chi connectivity index (χ1n) is 9.68. The van der Waals surface area contributed by atoms with E-state index in [1.54, 1.807) is 53.4 Å². The number of carbonyl (C=O) groups excluding carboxylic acids is 1. The first-order chi connectivity index (χ1) is 14.8. The summed E-state index contributed by atoms with van der Waals surface area (Å²) in [6.45, 7) is 3.87. The third kappa shape index (κ3) is 5.60. The van der Waals surface area contributed by atoms with Gasteiger partial charge in [0.05, 0.1) is 12.2 Å². The van der Waals surface area contributed by atoms with Crippen molar-refractivity contribution in [3.8, 4) is 5.75 Å². The Balaban J connectivity index is 2.09. The molecule has 0 atom stereocenters. The van der Waals surface area contributed by atoms with Crippen LogP contribution in [0.3, 0.4) is 0 Å². The Labute approximate surface area is 181 Å². The van der Waals surface area contributed by atoms with Gasteiger partial charge in [0.15, 0.2) is 5.03 Å². The highest BCUT2D eigenvalue weighted by molar-refractivity contribution is 7.87. The Hall–Kier alpha value is -3.40. The van der Waals surface area contributed by atoms with Crippen molar-refractivity contribution in [3.63, 3.8) is 0 Å². The molecule has 10 heteroatoms. The van der Waals surface area contributed by atoms with Gasteiger partial charge in [-0.25, -0.2) is 9.78 Å². The smallest absolute Gasteiger partial charge is 0.404 e. The van der Waals surface area contributed by atoms with Crippen LogP contribution < -0.4 is 9.92 Å². The molecule has 1 amide bonds. The van der Waals surface area contributed by atoms with Crippen LogP contribution in [0.5, 0.6) is 5.75 Å².